The third-order valence-electron chi connectivity index (χ3n) is 7.43. The highest BCUT2D eigenvalue weighted by molar-refractivity contribution is 5.74. The number of aromatic nitrogens is 4. The van der Waals surface area contributed by atoms with Crippen molar-refractivity contribution in [3.05, 3.63) is 59.1 Å². The molecule has 2 aliphatic heterocycles. The predicted molar refractivity (Wildman–Crippen MR) is 143 cm³/mol. The molecule has 5 heterocycles. The van der Waals surface area contributed by atoms with Crippen molar-refractivity contribution in [2.75, 3.05) is 11.9 Å². The molecular weight excluding hydrogens is 466 g/mol. The summed E-state index contributed by atoms with van der Waals surface area (Å²) in [4.78, 5) is 13.2. The lowest BCUT2D eigenvalue weighted by atomic mass is 10.0. The van der Waals surface area contributed by atoms with Crippen LogP contribution in [0.15, 0.2) is 48.6 Å². The average Bonchev–Trinajstić information content (AvgIpc) is 3.41. The molecule has 0 unspecified atom stereocenters. The lowest BCUT2D eigenvalue weighted by Crippen LogP contribution is -2.29. The van der Waals surface area contributed by atoms with Gasteiger partial charge in [-0.05, 0) is 75.8 Å². The third kappa shape index (κ3) is 5.19. The van der Waals surface area contributed by atoms with Gasteiger partial charge in [-0.3, -0.25) is 0 Å². The van der Waals surface area contributed by atoms with Crippen LogP contribution in [0.1, 0.15) is 52.7 Å². The first kappa shape index (κ1) is 24.3. The van der Waals surface area contributed by atoms with Gasteiger partial charge in [-0.1, -0.05) is 24.3 Å². The zero-order chi connectivity index (χ0) is 25.6. The zero-order valence-corrected chi connectivity index (χ0v) is 21.8. The van der Waals surface area contributed by atoms with Crippen LogP contribution in [0.5, 0.6) is 0 Å². The van der Waals surface area contributed by atoms with E-state index in [2.05, 4.69) is 52.0 Å². The number of hydrogen-bond acceptors (Lipinski definition) is 7. The van der Waals surface area contributed by atoms with Crippen LogP contribution < -0.4 is 15.9 Å². The summed E-state index contributed by atoms with van der Waals surface area (Å²) in [5.74, 6) is 1.06. The maximum absolute atomic E-state index is 6.55. The van der Waals surface area contributed by atoms with Gasteiger partial charge in [0.1, 0.15) is 30.0 Å². The molecule has 1 N–H and O–H groups in total. The SMILES string of the molecule is C=c1nc(NCC2CC2)cc/c1=C/C=C(\C)CC[C@H]1O[C@@H](n2ccc3cncnc32)[C@@H]2OC(C)(C)O[C@@H]21. The number of rotatable bonds is 8. The van der Waals surface area contributed by atoms with E-state index in [4.69, 9.17) is 14.2 Å². The van der Waals surface area contributed by atoms with Crippen LogP contribution >= 0.6 is 0 Å². The highest BCUT2D eigenvalue weighted by atomic mass is 16.8. The highest BCUT2D eigenvalue weighted by Gasteiger charge is 2.55. The number of hydrogen-bond donors (Lipinski definition) is 1. The molecule has 0 bridgehead atoms. The highest BCUT2D eigenvalue weighted by Crippen LogP contribution is 2.45. The van der Waals surface area contributed by atoms with Gasteiger partial charge < -0.3 is 24.1 Å². The molecule has 0 radical (unpaired) electrons. The van der Waals surface area contributed by atoms with Crippen LogP contribution in [0.25, 0.3) is 23.7 Å². The summed E-state index contributed by atoms with van der Waals surface area (Å²) < 4.78 is 21.2. The van der Waals surface area contributed by atoms with Gasteiger partial charge in [0.05, 0.1) is 11.5 Å². The van der Waals surface area contributed by atoms with Crippen LogP contribution in [0.4, 0.5) is 5.82 Å². The summed E-state index contributed by atoms with van der Waals surface area (Å²) in [5.41, 5.74) is 2.10. The van der Waals surface area contributed by atoms with Crippen LogP contribution in [0.2, 0.25) is 0 Å². The largest absolute Gasteiger partial charge is 0.370 e. The zero-order valence-electron chi connectivity index (χ0n) is 21.8. The number of nitrogens with zero attached hydrogens (tertiary/aromatic N) is 4. The van der Waals surface area contributed by atoms with Crippen LogP contribution in [-0.4, -0.2) is 50.2 Å². The van der Waals surface area contributed by atoms with E-state index in [1.54, 1.807) is 6.33 Å². The summed E-state index contributed by atoms with van der Waals surface area (Å²) >= 11 is 0. The Labute approximate surface area is 217 Å². The normalized spacial score (nSPS) is 27.6. The van der Waals surface area contributed by atoms with Crippen molar-refractivity contribution >= 4 is 29.5 Å². The van der Waals surface area contributed by atoms with Gasteiger partial charge in [-0.25, -0.2) is 15.0 Å². The smallest absolute Gasteiger partial charge is 0.164 e. The molecule has 1 aliphatic carbocycles. The molecule has 3 aromatic rings. The minimum atomic E-state index is -0.649. The number of ether oxygens (including phenoxy) is 3. The van der Waals surface area contributed by atoms with E-state index in [-0.39, 0.29) is 24.5 Å². The summed E-state index contributed by atoms with van der Waals surface area (Å²) in [6, 6.07) is 6.13. The Balaban J connectivity index is 1.14. The maximum atomic E-state index is 6.55. The fourth-order valence-electron chi connectivity index (χ4n) is 5.24. The average molecular weight is 502 g/mol. The summed E-state index contributed by atoms with van der Waals surface area (Å²) in [5, 5.41) is 6.21. The van der Waals surface area contributed by atoms with E-state index in [0.29, 0.717) is 0 Å². The van der Waals surface area contributed by atoms with Gasteiger partial charge in [0.25, 0.3) is 0 Å². The summed E-state index contributed by atoms with van der Waals surface area (Å²) in [6.07, 6.45) is 13.3. The van der Waals surface area contributed by atoms with Crippen molar-refractivity contribution in [3.8, 4) is 0 Å². The Morgan fingerprint density at radius 3 is 2.86 bits per heavy atom. The van der Waals surface area contributed by atoms with Crippen molar-refractivity contribution < 1.29 is 14.2 Å². The van der Waals surface area contributed by atoms with E-state index < -0.39 is 5.79 Å². The minimum absolute atomic E-state index is 0.0821. The molecule has 1 saturated carbocycles. The molecule has 3 fully saturated rings. The predicted octanol–water partition coefficient (Wildman–Crippen LogP) is 3.68. The number of pyridine rings is 1. The monoisotopic (exact) mass is 501 g/mol. The molecule has 8 heteroatoms. The molecule has 6 rings (SSSR count). The third-order valence-corrected chi connectivity index (χ3v) is 7.43. The van der Waals surface area contributed by atoms with Crippen molar-refractivity contribution in [1.82, 2.24) is 19.5 Å². The second-order valence-electron chi connectivity index (χ2n) is 10.9. The van der Waals surface area contributed by atoms with Gasteiger partial charge in [-0.2, -0.15) is 0 Å². The molecule has 0 aromatic carbocycles. The first-order valence-corrected chi connectivity index (χ1v) is 13.2. The number of anilines is 1. The van der Waals surface area contributed by atoms with Crippen LogP contribution in [-0.2, 0) is 14.2 Å². The second-order valence-corrected chi connectivity index (χ2v) is 10.9. The molecule has 8 nitrogen and oxygen atoms in total. The van der Waals surface area contributed by atoms with E-state index in [0.717, 1.165) is 52.7 Å². The number of fused-ring (bicyclic) bond motifs is 2. The van der Waals surface area contributed by atoms with Gasteiger partial charge in [-0.15, -0.1) is 0 Å². The van der Waals surface area contributed by atoms with Crippen molar-refractivity contribution in [3.63, 3.8) is 0 Å². The molecular formula is C29H35N5O3. The minimum Gasteiger partial charge on any atom is -0.370 e. The topological polar surface area (TPSA) is 83.3 Å². The molecule has 37 heavy (non-hydrogen) atoms. The number of allylic oxidation sites excluding steroid dienone is 2. The van der Waals surface area contributed by atoms with Gasteiger partial charge in [0.2, 0.25) is 0 Å². The maximum Gasteiger partial charge on any atom is 0.164 e. The van der Waals surface area contributed by atoms with Crippen molar-refractivity contribution in [1.29, 1.82) is 0 Å². The number of nitrogens with one attached hydrogen (secondary N) is 1. The van der Waals surface area contributed by atoms with E-state index in [1.165, 1.54) is 18.4 Å². The van der Waals surface area contributed by atoms with Gasteiger partial charge in [0.15, 0.2) is 12.0 Å². The van der Waals surface area contributed by atoms with Gasteiger partial charge >= 0.3 is 0 Å². The molecule has 2 saturated heterocycles. The lowest BCUT2D eigenvalue weighted by molar-refractivity contribution is -0.196. The molecule has 3 aromatic heterocycles. The molecule has 0 spiro atoms. The fraction of sp³-hybridized carbons (Fsp3) is 0.483. The fourth-order valence-corrected chi connectivity index (χ4v) is 5.24. The van der Waals surface area contributed by atoms with E-state index in [9.17, 15) is 0 Å². The first-order valence-electron chi connectivity index (χ1n) is 13.2. The van der Waals surface area contributed by atoms with Gasteiger partial charge in [0, 0.05) is 24.3 Å². The quantitative estimate of drug-likeness (QED) is 0.504. The first-order chi connectivity index (χ1) is 17.9. The molecule has 0 amide bonds. The molecule has 4 atom stereocenters. The Kier molecular flexibility index (Phi) is 6.34. The summed E-state index contributed by atoms with van der Waals surface area (Å²) in [7, 11) is 0. The van der Waals surface area contributed by atoms with Crippen LogP contribution in [0, 0.1) is 5.92 Å². The van der Waals surface area contributed by atoms with E-state index >= 15 is 0 Å². The molecule has 194 valence electrons. The molecule has 3 aliphatic rings. The Morgan fingerprint density at radius 2 is 2.05 bits per heavy atom. The Hall–Kier alpha value is -3.07. The standard InChI is InChI=1S/C29H35N5O3/c1-18(5-9-21-10-12-24(33-19(21)2)31-15-20-7-8-20)6-11-23-25-26(37-29(3,4)36-25)28(35-23)34-14-13-22-16-30-17-32-27(22)34/h5,9-10,12-14,16-17,20,23,25-26,28H,2,6-8,11,15H2,1,3-4H3,(H,31,33)/b18-5+,21-9-/t23-,25-,26-,28-/m1/s1. The summed E-state index contributed by atoms with van der Waals surface area (Å²) in [6.45, 7) is 11.2. The lowest BCUT2D eigenvalue weighted by Gasteiger charge is -2.25. The van der Waals surface area contributed by atoms with Crippen LogP contribution in [0.3, 0.4) is 0 Å². The van der Waals surface area contributed by atoms with Crippen molar-refractivity contribution in [2.24, 2.45) is 5.92 Å². The van der Waals surface area contributed by atoms with Crippen molar-refractivity contribution in [2.45, 2.75) is 76.8 Å². The van der Waals surface area contributed by atoms with E-state index in [1.807, 2.05) is 42.9 Å². The Bertz CT molecular complexity index is 1430. The Morgan fingerprint density at radius 1 is 1.22 bits per heavy atom. The second kappa shape index (κ2) is 9.67.